The maximum atomic E-state index is 12.9. The summed E-state index contributed by atoms with van der Waals surface area (Å²) in [5.74, 6) is -0.849. The molecule has 0 spiro atoms. The van der Waals surface area contributed by atoms with Gasteiger partial charge in [0, 0.05) is 17.8 Å². The average molecular weight is 515 g/mol. The van der Waals surface area contributed by atoms with E-state index in [1.165, 1.54) is 28.0 Å². The number of ether oxygens (including phenoxy) is 1. The SMILES string of the molecule is CCOC(=O)c1c(NC(=O)CCN2C(=O)C(=Cc3ccc(C)cc3)SC2=S)sc2c1CCCC2. The lowest BCUT2D eigenvalue weighted by Crippen LogP contribution is -2.31. The molecule has 1 fully saturated rings. The Hall–Kier alpha value is -2.49. The van der Waals surface area contributed by atoms with E-state index in [0.717, 1.165) is 47.3 Å². The standard InChI is InChI=1S/C25H26N2O4S3/c1-3-31-24(30)21-17-6-4-5-7-18(17)33-22(21)26-20(28)12-13-27-23(29)19(34-25(27)32)14-16-10-8-15(2)9-11-16/h8-11,14H,3-7,12-13H2,1-2H3,(H,26,28). The predicted octanol–water partition coefficient (Wildman–Crippen LogP) is 5.34. The van der Waals surface area contributed by atoms with Gasteiger partial charge in [-0.1, -0.05) is 53.8 Å². The van der Waals surface area contributed by atoms with Crippen LogP contribution in [0.25, 0.3) is 6.08 Å². The number of rotatable bonds is 7. The quantitative estimate of drug-likeness (QED) is 0.305. The number of thiocarbonyl (C=S) groups is 1. The third kappa shape index (κ3) is 5.42. The fraction of sp³-hybridized carbons (Fsp3) is 0.360. The first kappa shape index (κ1) is 24.6. The maximum absolute atomic E-state index is 12.9. The summed E-state index contributed by atoms with van der Waals surface area (Å²) in [5, 5.41) is 3.43. The van der Waals surface area contributed by atoms with E-state index in [1.807, 2.05) is 37.3 Å². The topological polar surface area (TPSA) is 75.7 Å². The number of benzene rings is 1. The van der Waals surface area contributed by atoms with Gasteiger partial charge in [-0.15, -0.1) is 11.3 Å². The molecule has 1 aliphatic heterocycles. The Bertz CT molecular complexity index is 1170. The van der Waals surface area contributed by atoms with Crippen molar-refractivity contribution in [1.29, 1.82) is 0 Å². The highest BCUT2D eigenvalue weighted by Crippen LogP contribution is 2.39. The van der Waals surface area contributed by atoms with Crippen LogP contribution >= 0.6 is 35.3 Å². The minimum Gasteiger partial charge on any atom is -0.462 e. The van der Waals surface area contributed by atoms with Gasteiger partial charge in [-0.05, 0) is 56.7 Å². The summed E-state index contributed by atoms with van der Waals surface area (Å²) in [5.41, 5.74) is 3.56. The van der Waals surface area contributed by atoms with E-state index in [2.05, 4.69) is 5.32 Å². The van der Waals surface area contributed by atoms with Crippen LogP contribution in [0.3, 0.4) is 0 Å². The first-order valence-electron chi connectivity index (χ1n) is 11.3. The molecule has 1 aromatic heterocycles. The number of nitrogens with zero attached hydrogens (tertiary/aromatic N) is 1. The van der Waals surface area contributed by atoms with Crippen LogP contribution in [-0.4, -0.2) is 40.2 Å². The number of aryl methyl sites for hydroxylation is 2. The third-order valence-corrected chi connectivity index (χ3v) is 8.30. The molecule has 34 heavy (non-hydrogen) atoms. The number of amides is 2. The van der Waals surface area contributed by atoms with E-state index < -0.39 is 5.97 Å². The molecule has 4 rings (SSSR count). The van der Waals surface area contributed by atoms with E-state index in [1.54, 1.807) is 6.92 Å². The van der Waals surface area contributed by atoms with Crippen molar-refractivity contribution < 1.29 is 19.1 Å². The first-order valence-corrected chi connectivity index (χ1v) is 13.3. The van der Waals surface area contributed by atoms with Crippen LogP contribution in [0.4, 0.5) is 5.00 Å². The number of hydrogen-bond donors (Lipinski definition) is 1. The second-order valence-electron chi connectivity index (χ2n) is 8.18. The molecule has 6 nitrogen and oxygen atoms in total. The van der Waals surface area contributed by atoms with Gasteiger partial charge in [0.15, 0.2) is 0 Å². The Labute approximate surface area is 212 Å². The third-order valence-electron chi connectivity index (χ3n) is 5.71. The number of anilines is 1. The van der Waals surface area contributed by atoms with Crippen molar-refractivity contribution in [1.82, 2.24) is 4.90 Å². The lowest BCUT2D eigenvalue weighted by molar-refractivity contribution is -0.122. The minimum absolute atomic E-state index is 0.0785. The summed E-state index contributed by atoms with van der Waals surface area (Å²) in [7, 11) is 0. The summed E-state index contributed by atoms with van der Waals surface area (Å²) in [6, 6.07) is 7.89. The molecule has 0 saturated carbocycles. The molecular formula is C25H26N2O4S3. The van der Waals surface area contributed by atoms with Gasteiger partial charge >= 0.3 is 5.97 Å². The van der Waals surface area contributed by atoms with E-state index in [-0.39, 0.29) is 31.4 Å². The van der Waals surface area contributed by atoms with Crippen molar-refractivity contribution in [3.8, 4) is 0 Å². The van der Waals surface area contributed by atoms with Crippen molar-refractivity contribution in [2.75, 3.05) is 18.5 Å². The molecule has 2 aliphatic rings. The highest BCUT2D eigenvalue weighted by Gasteiger charge is 2.32. The molecule has 0 unspecified atom stereocenters. The number of carbonyl (C=O) groups is 3. The molecule has 0 bridgehead atoms. The molecule has 0 atom stereocenters. The summed E-state index contributed by atoms with van der Waals surface area (Å²) in [4.78, 5) is 41.4. The van der Waals surface area contributed by atoms with E-state index in [0.29, 0.717) is 19.8 Å². The Kier molecular flexibility index (Phi) is 7.85. The van der Waals surface area contributed by atoms with Gasteiger partial charge in [-0.2, -0.15) is 0 Å². The second kappa shape index (κ2) is 10.8. The molecule has 1 saturated heterocycles. The van der Waals surface area contributed by atoms with Gasteiger partial charge < -0.3 is 10.1 Å². The van der Waals surface area contributed by atoms with Crippen LogP contribution in [-0.2, 0) is 27.2 Å². The Morgan fingerprint density at radius 2 is 1.94 bits per heavy atom. The summed E-state index contributed by atoms with van der Waals surface area (Å²) >= 11 is 8.09. The second-order valence-corrected chi connectivity index (χ2v) is 11.0. The van der Waals surface area contributed by atoms with Gasteiger partial charge in [0.1, 0.15) is 9.32 Å². The zero-order chi connectivity index (χ0) is 24.2. The predicted molar refractivity (Wildman–Crippen MR) is 141 cm³/mol. The minimum atomic E-state index is -0.393. The number of fused-ring (bicyclic) bond motifs is 1. The van der Waals surface area contributed by atoms with E-state index >= 15 is 0 Å². The van der Waals surface area contributed by atoms with E-state index in [4.69, 9.17) is 17.0 Å². The zero-order valence-corrected chi connectivity index (χ0v) is 21.6. The molecule has 0 radical (unpaired) electrons. The number of thiophene rings is 1. The van der Waals surface area contributed by atoms with Crippen LogP contribution in [0.2, 0.25) is 0 Å². The first-order chi connectivity index (χ1) is 16.4. The van der Waals surface area contributed by atoms with Crippen LogP contribution in [0.5, 0.6) is 0 Å². The lowest BCUT2D eigenvalue weighted by atomic mass is 9.95. The zero-order valence-electron chi connectivity index (χ0n) is 19.1. The molecule has 1 N–H and O–H groups in total. The van der Waals surface area contributed by atoms with Crippen LogP contribution in [0, 0.1) is 6.92 Å². The Balaban J connectivity index is 1.42. The summed E-state index contributed by atoms with van der Waals surface area (Å²) < 4.78 is 5.69. The molecular weight excluding hydrogens is 488 g/mol. The average Bonchev–Trinajstić information content (AvgIpc) is 3.30. The largest absolute Gasteiger partial charge is 0.462 e. The Morgan fingerprint density at radius 3 is 2.68 bits per heavy atom. The van der Waals surface area contributed by atoms with Crippen molar-refractivity contribution in [2.45, 2.75) is 46.0 Å². The van der Waals surface area contributed by atoms with Gasteiger partial charge in [0.2, 0.25) is 5.91 Å². The molecule has 9 heteroatoms. The number of nitrogens with one attached hydrogen (secondary N) is 1. The van der Waals surface area contributed by atoms with E-state index in [9.17, 15) is 14.4 Å². The molecule has 2 amide bonds. The van der Waals surface area contributed by atoms with Gasteiger partial charge in [0.05, 0.1) is 17.1 Å². The smallest absolute Gasteiger partial charge is 0.341 e. The molecule has 2 aromatic rings. The highest BCUT2D eigenvalue weighted by atomic mass is 32.2. The summed E-state index contributed by atoms with van der Waals surface area (Å²) in [6.45, 7) is 4.24. The number of carbonyl (C=O) groups excluding carboxylic acids is 3. The van der Waals surface area contributed by atoms with Crippen LogP contribution in [0.15, 0.2) is 29.2 Å². The molecule has 1 aromatic carbocycles. The molecule has 2 heterocycles. The lowest BCUT2D eigenvalue weighted by Gasteiger charge is -2.14. The number of hydrogen-bond acceptors (Lipinski definition) is 7. The van der Waals surface area contributed by atoms with Crippen LogP contribution in [0.1, 0.15) is 58.1 Å². The van der Waals surface area contributed by atoms with Crippen molar-refractivity contribution >= 4 is 68.5 Å². The highest BCUT2D eigenvalue weighted by molar-refractivity contribution is 8.26. The van der Waals surface area contributed by atoms with Gasteiger partial charge in [-0.25, -0.2) is 4.79 Å². The molecule has 178 valence electrons. The van der Waals surface area contributed by atoms with Crippen molar-refractivity contribution in [3.05, 3.63) is 56.3 Å². The fourth-order valence-corrected chi connectivity index (χ4v) is 6.58. The van der Waals surface area contributed by atoms with Crippen molar-refractivity contribution in [2.24, 2.45) is 0 Å². The summed E-state index contributed by atoms with van der Waals surface area (Å²) in [6.07, 6.45) is 5.73. The van der Waals surface area contributed by atoms with Crippen LogP contribution < -0.4 is 5.32 Å². The number of esters is 1. The molecule has 1 aliphatic carbocycles. The maximum Gasteiger partial charge on any atom is 0.341 e. The van der Waals surface area contributed by atoms with Gasteiger partial charge in [-0.3, -0.25) is 14.5 Å². The monoisotopic (exact) mass is 514 g/mol. The number of thioether (sulfide) groups is 1. The Morgan fingerprint density at radius 1 is 1.21 bits per heavy atom. The fourth-order valence-electron chi connectivity index (χ4n) is 3.98. The van der Waals surface area contributed by atoms with Crippen molar-refractivity contribution in [3.63, 3.8) is 0 Å². The van der Waals surface area contributed by atoms with Gasteiger partial charge in [0.25, 0.3) is 5.91 Å². The normalized spacial score (nSPS) is 16.6.